The zero-order valence-electron chi connectivity index (χ0n) is 4.60. The lowest BCUT2D eigenvalue weighted by atomic mass is 9.98. The summed E-state index contributed by atoms with van der Waals surface area (Å²) in [5.74, 6) is -0.499. The van der Waals surface area contributed by atoms with Gasteiger partial charge in [0.05, 0.1) is 0 Å². The summed E-state index contributed by atoms with van der Waals surface area (Å²) in [6.07, 6.45) is 0. The molecule has 44 valence electrons. The van der Waals surface area contributed by atoms with Gasteiger partial charge in [0, 0.05) is 6.54 Å². The second-order valence-electron chi connectivity index (χ2n) is 1.91. The van der Waals surface area contributed by atoms with Gasteiger partial charge in [-0.25, -0.2) is 0 Å². The molecular formula is C5H7NO2. The van der Waals surface area contributed by atoms with Crippen molar-refractivity contribution in [2.45, 2.75) is 6.92 Å². The fraction of sp³-hybridized carbons (Fsp3) is 0.600. The standard InChI is InChI=1S/C5H7NO2/c1-3(7)4-2-6-5(4)8/h4H,2H2,1H3,(H,6,8)/t4-/m0/s1. The van der Waals surface area contributed by atoms with Gasteiger partial charge in [0.25, 0.3) is 0 Å². The van der Waals surface area contributed by atoms with E-state index >= 15 is 0 Å². The highest BCUT2D eigenvalue weighted by Crippen LogP contribution is 2.04. The van der Waals surface area contributed by atoms with E-state index in [9.17, 15) is 9.59 Å². The van der Waals surface area contributed by atoms with Crippen LogP contribution >= 0.6 is 0 Å². The lowest BCUT2D eigenvalue weighted by Crippen LogP contribution is -2.51. The third-order valence-corrected chi connectivity index (χ3v) is 1.29. The van der Waals surface area contributed by atoms with Crippen LogP contribution in [0.1, 0.15) is 6.92 Å². The van der Waals surface area contributed by atoms with E-state index in [4.69, 9.17) is 0 Å². The highest BCUT2D eigenvalue weighted by Gasteiger charge is 2.31. The van der Waals surface area contributed by atoms with Crippen molar-refractivity contribution in [2.24, 2.45) is 5.92 Å². The fourth-order valence-electron chi connectivity index (χ4n) is 0.616. The van der Waals surface area contributed by atoms with Gasteiger partial charge < -0.3 is 5.32 Å². The quantitative estimate of drug-likeness (QED) is 0.362. The summed E-state index contributed by atoms with van der Waals surface area (Å²) in [5, 5.41) is 2.48. The van der Waals surface area contributed by atoms with Gasteiger partial charge in [0.2, 0.25) is 5.91 Å². The van der Waals surface area contributed by atoms with Crippen LogP contribution in [0.25, 0.3) is 0 Å². The number of carbonyl (C=O) groups excluding carboxylic acids is 2. The van der Waals surface area contributed by atoms with Crippen molar-refractivity contribution in [2.75, 3.05) is 6.54 Å². The van der Waals surface area contributed by atoms with Crippen LogP contribution in [0.15, 0.2) is 0 Å². The number of nitrogens with one attached hydrogen (secondary N) is 1. The smallest absolute Gasteiger partial charge is 0.232 e. The van der Waals surface area contributed by atoms with Gasteiger partial charge in [-0.1, -0.05) is 0 Å². The van der Waals surface area contributed by atoms with Gasteiger partial charge in [-0.05, 0) is 6.92 Å². The van der Waals surface area contributed by atoms with E-state index in [1.165, 1.54) is 6.92 Å². The molecule has 3 heteroatoms. The maximum atomic E-state index is 10.4. The summed E-state index contributed by atoms with van der Waals surface area (Å²) < 4.78 is 0. The normalized spacial score (nSPS) is 26.1. The molecule has 0 aromatic heterocycles. The molecule has 1 rings (SSSR count). The summed E-state index contributed by atoms with van der Waals surface area (Å²) in [5.41, 5.74) is 0. The molecule has 0 unspecified atom stereocenters. The van der Waals surface area contributed by atoms with Gasteiger partial charge in [-0.15, -0.1) is 0 Å². The van der Waals surface area contributed by atoms with Gasteiger partial charge in [-0.2, -0.15) is 0 Å². The molecular weight excluding hydrogens is 106 g/mol. The van der Waals surface area contributed by atoms with Crippen LogP contribution in [-0.4, -0.2) is 18.2 Å². The number of hydrogen-bond donors (Lipinski definition) is 1. The number of Topliss-reactive ketones (excluding diaryl/α,β-unsaturated/α-hetero) is 1. The monoisotopic (exact) mass is 113 g/mol. The van der Waals surface area contributed by atoms with Crippen molar-refractivity contribution in [1.82, 2.24) is 5.32 Å². The number of hydrogen-bond acceptors (Lipinski definition) is 2. The molecule has 0 aliphatic carbocycles. The van der Waals surface area contributed by atoms with Crippen molar-refractivity contribution < 1.29 is 9.59 Å². The molecule has 3 nitrogen and oxygen atoms in total. The van der Waals surface area contributed by atoms with E-state index in [-0.39, 0.29) is 17.6 Å². The van der Waals surface area contributed by atoms with E-state index in [0.717, 1.165) is 0 Å². The Morgan fingerprint density at radius 2 is 2.50 bits per heavy atom. The Labute approximate surface area is 47.1 Å². The Bertz CT molecular complexity index is 133. The zero-order valence-corrected chi connectivity index (χ0v) is 4.60. The first-order valence-electron chi connectivity index (χ1n) is 2.50. The summed E-state index contributed by atoms with van der Waals surface area (Å²) in [6, 6.07) is 0. The molecule has 0 aromatic rings. The molecule has 0 bridgehead atoms. The predicted molar refractivity (Wildman–Crippen MR) is 27.2 cm³/mol. The van der Waals surface area contributed by atoms with Crippen molar-refractivity contribution in [3.63, 3.8) is 0 Å². The Balaban J connectivity index is 2.49. The van der Waals surface area contributed by atoms with E-state index in [0.29, 0.717) is 6.54 Å². The topological polar surface area (TPSA) is 46.2 Å². The van der Waals surface area contributed by atoms with Crippen molar-refractivity contribution in [3.8, 4) is 0 Å². The van der Waals surface area contributed by atoms with Gasteiger partial charge in [0.15, 0.2) is 0 Å². The molecule has 0 aromatic carbocycles. The van der Waals surface area contributed by atoms with Crippen LogP contribution in [0, 0.1) is 5.92 Å². The molecule has 1 N–H and O–H groups in total. The number of carbonyl (C=O) groups is 2. The van der Waals surface area contributed by atoms with Crippen LogP contribution < -0.4 is 5.32 Å². The average Bonchev–Trinajstić information content (AvgIpc) is 1.61. The summed E-state index contributed by atoms with van der Waals surface area (Å²) >= 11 is 0. The average molecular weight is 113 g/mol. The first kappa shape index (κ1) is 5.28. The fourth-order valence-corrected chi connectivity index (χ4v) is 0.616. The molecule has 1 aliphatic heterocycles. The third-order valence-electron chi connectivity index (χ3n) is 1.29. The number of β-lactam (4-membered cyclic amide) rings is 1. The van der Waals surface area contributed by atoms with Crippen LogP contribution in [0.2, 0.25) is 0 Å². The predicted octanol–water partition coefficient (Wildman–Crippen LogP) is -0.679. The molecule has 1 saturated heterocycles. The van der Waals surface area contributed by atoms with E-state index in [1.807, 2.05) is 0 Å². The van der Waals surface area contributed by atoms with Crippen LogP contribution in [0.4, 0.5) is 0 Å². The SMILES string of the molecule is CC(=O)[C@@H]1CNC1=O. The maximum Gasteiger partial charge on any atom is 0.232 e. The molecule has 1 heterocycles. The molecule has 0 radical (unpaired) electrons. The minimum absolute atomic E-state index is 0.0336. The molecule has 1 fully saturated rings. The Hall–Kier alpha value is -0.860. The minimum Gasteiger partial charge on any atom is -0.354 e. The van der Waals surface area contributed by atoms with Crippen LogP contribution in [-0.2, 0) is 9.59 Å². The first-order valence-corrected chi connectivity index (χ1v) is 2.50. The lowest BCUT2D eigenvalue weighted by molar-refractivity contribution is -0.138. The number of amides is 1. The largest absolute Gasteiger partial charge is 0.354 e. The van der Waals surface area contributed by atoms with Gasteiger partial charge >= 0.3 is 0 Å². The number of ketones is 1. The molecule has 0 saturated carbocycles. The Kier molecular flexibility index (Phi) is 1.04. The molecule has 1 amide bonds. The van der Waals surface area contributed by atoms with E-state index in [1.54, 1.807) is 0 Å². The van der Waals surface area contributed by atoms with Crippen molar-refractivity contribution in [3.05, 3.63) is 0 Å². The molecule has 1 aliphatic rings. The molecule has 0 spiro atoms. The van der Waals surface area contributed by atoms with Gasteiger partial charge in [0.1, 0.15) is 11.7 Å². The summed E-state index contributed by atoms with van der Waals surface area (Å²) in [6.45, 7) is 1.97. The Morgan fingerprint density at radius 3 is 2.50 bits per heavy atom. The minimum atomic E-state index is -0.338. The highest BCUT2D eigenvalue weighted by molar-refractivity contribution is 6.04. The van der Waals surface area contributed by atoms with Crippen molar-refractivity contribution in [1.29, 1.82) is 0 Å². The summed E-state index contributed by atoms with van der Waals surface area (Å²) in [4.78, 5) is 20.7. The highest BCUT2D eigenvalue weighted by atomic mass is 16.2. The van der Waals surface area contributed by atoms with Gasteiger partial charge in [-0.3, -0.25) is 9.59 Å². The number of rotatable bonds is 1. The van der Waals surface area contributed by atoms with Crippen LogP contribution in [0.5, 0.6) is 0 Å². The summed E-state index contributed by atoms with van der Waals surface area (Å²) in [7, 11) is 0. The van der Waals surface area contributed by atoms with Crippen LogP contribution in [0.3, 0.4) is 0 Å². The second kappa shape index (κ2) is 1.58. The van der Waals surface area contributed by atoms with E-state index in [2.05, 4.69) is 5.32 Å². The van der Waals surface area contributed by atoms with Crippen molar-refractivity contribution >= 4 is 11.7 Å². The lowest BCUT2D eigenvalue weighted by Gasteiger charge is -2.22. The second-order valence-corrected chi connectivity index (χ2v) is 1.91. The molecule has 8 heavy (non-hydrogen) atoms. The third kappa shape index (κ3) is 0.598. The Morgan fingerprint density at radius 1 is 1.88 bits per heavy atom. The first-order chi connectivity index (χ1) is 3.72. The van der Waals surface area contributed by atoms with E-state index < -0.39 is 0 Å². The zero-order chi connectivity index (χ0) is 6.15. The maximum absolute atomic E-state index is 10.4. The molecule has 1 atom stereocenters.